The number of nitrogens with one attached hydrogen (secondary N) is 1. The lowest BCUT2D eigenvalue weighted by atomic mass is 10.1. The van der Waals surface area contributed by atoms with Crippen LogP contribution in [0.25, 0.3) is 0 Å². The maximum absolute atomic E-state index is 5.57. The Kier molecular flexibility index (Phi) is 4.76. The highest BCUT2D eigenvalue weighted by atomic mass is 35.5. The van der Waals surface area contributed by atoms with E-state index in [1.54, 1.807) is 0 Å². The smallest absolute Gasteiger partial charge is 0.231 e. The van der Waals surface area contributed by atoms with Crippen LogP contribution in [0.1, 0.15) is 24.1 Å². The van der Waals surface area contributed by atoms with Gasteiger partial charge in [-0.2, -0.15) is 4.98 Å². The van der Waals surface area contributed by atoms with E-state index in [-0.39, 0.29) is 12.4 Å². The maximum Gasteiger partial charge on any atom is 0.231 e. The Morgan fingerprint density at radius 2 is 2.16 bits per heavy atom. The van der Waals surface area contributed by atoms with Gasteiger partial charge in [-0.15, -0.1) is 12.4 Å². The van der Waals surface area contributed by atoms with Crippen molar-refractivity contribution in [1.82, 2.24) is 15.5 Å². The average Bonchev–Trinajstić information content (AvgIpc) is 3.08. The van der Waals surface area contributed by atoms with Gasteiger partial charge < -0.3 is 14.6 Å². The van der Waals surface area contributed by atoms with Crippen molar-refractivity contribution in [2.24, 2.45) is 0 Å². The minimum absolute atomic E-state index is 0. The summed E-state index contributed by atoms with van der Waals surface area (Å²) < 4.78 is 10.8. The van der Waals surface area contributed by atoms with Crippen LogP contribution in [0, 0.1) is 0 Å². The largest absolute Gasteiger partial charge is 0.485 e. The van der Waals surface area contributed by atoms with Gasteiger partial charge in [0.25, 0.3) is 0 Å². The van der Waals surface area contributed by atoms with Gasteiger partial charge in [0.1, 0.15) is 5.75 Å². The molecule has 1 aromatic carbocycles. The van der Waals surface area contributed by atoms with Gasteiger partial charge in [-0.1, -0.05) is 23.4 Å². The highest BCUT2D eigenvalue weighted by molar-refractivity contribution is 5.85. The van der Waals surface area contributed by atoms with E-state index < -0.39 is 0 Å². The van der Waals surface area contributed by atoms with Crippen LogP contribution in [0.15, 0.2) is 34.9 Å². The molecule has 2 heterocycles. The number of aromatic nitrogens is 2. The Morgan fingerprint density at radius 3 is 2.89 bits per heavy atom. The minimum atomic E-state index is 0. The molecule has 6 heteroatoms. The molecule has 102 valence electrons. The van der Waals surface area contributed by atoms with Crippen molar-refractivity contribution in [3.8, 4) is 5.75 Å². The quantitative estimate of drug-likeness (QED) is 0.930. The number of benzene rings is 1. The summed E-state index contributed by atoms with van der Waals surface area (Å²) in [5.41, 5.74) is 0. The lowest BCUT2D eigenvalue weighted by Gasteiger charge is -2.01. The number of para-hydroxylation sites is 1. The van der Waals surface area contributed by atoms with Crippen molar-refractivity contribution in [3.05, 3.63) is 42.0 Å². The first-order chi connectivity index (χ1) is 8.92. The first kappa shape index (κ1) is 13.8. The van der Waals surface area contributed by atoms with Crippen molar-refractivity contribution < 1.29 is 9.26 Å². The molecule has 19 heavy (non-hydrogen) atoms. The molecule has 3 rings (SSSR count). The van der Waals surface area contributed by atoms with Gasteiger partial charge in [-0.05, 0) is 25.1 Å². The van der Waals surface area contributed by atoms with Crippen molar-refractivity contribution in [2.75, 3.05) is 13.1 Å². The number of hydrogen-bond acceptors (Lipinski definition) is 5. The Bertz CT molecular complexity index is 498. The van der Waals surface area contributed by atoms with Crippen LogP contribution >= 0.6 is 12.4 Å². The molecule has 0 radical (unpaired) electrons. The number of hydrogen-bond donors (Lipinski definition) is 1. The fourth-order valence-electron chi connectivity index (χ4n) is 2.02. The van der Waals surface area contributed by atoms with Crippen molar-refractivity contribution in [1.29, 1.82) is 0 Å². The van der Waals surface area contributed by atoms with E-state index in [1.165, 1.54) is 0 Å². The first-order valence-electron chi connectivity index (χ1n) is 6.13. The Labute approximate surface area is 117 Å². The topological polar surface area (TPSA) is 60.2 Å². The van der Waals surface area contributed by atoms with E-state index in [1.807, 2.05) is 30.3 Å². The van der Waals surface area contributed by atoms with Gasteiger partial charge in [0.15, 0.2) is 6.61 Å². The third-order valence-electron chi connectivity index (χ3n) is 3.00. The zero-order valence-corrected chi connectivity index (χ0v) is 11.2. The molecule has 1 unspecified atom stereocenters. The minimum Gasteiger partial charge on any atom is -0.485 e. The Balaban J connectivity index is 0.00000133. The van der Waals surface area contributed by atoms with Crippen LogP contribution in [0.2, 0.25) is 0 Å². The van der Waals surface area contributed by atoms with Crippen molar-refractivity contribution in [2.45, 2.75) is 18.9 Å². The number of halogens is 1. The second kappa shape index (κ2) is 6.54. The molecule has 0 bridgehead atoms. The fraction of sp³-hybridized carbons (Fsp3) is 0.385. The molecule has 1 aliphatic rings. The monoisotopic (exact) mass is 281 g/mol. The predicted octanol–water partition coefficient (Wildman–Crippen LogP) is 2.15. The van der Waals surface area contributed by atoms with Crippen LogP contribution in [0.4, 0.5) is 0 Å². The molecule has 5 nitrogen and oxygen atoms in total. The van der Waals surface area contributed by atoms with Crippen molar-refractivity contribution in [3.63, 3.8) is 0 Å². The standard InChI is InChI=1S/C13H15N3O2.ClH/c1-2-4-11(5-3-1)17-9-12-15-13(18-16-12)10-6-7-14-8-10;/h1-5,10,14H,6-9H2;1H. The van der Waals surface area contributed by atoms with E-state index in [0.717, 1.165) is 25.3 Å². The van der Waals surface area contributed by atoms with Crippen LogP contribution in [-0.4, -0.2) is 23.2 Å². The Morgan fingerprint density at radius 1 is 1.32 bits per heavy atom. The SMILES string of the molecule is Cl.c1ccc(OCc2noc(C3CCNC3)n2)cc1. The van der Waals surface area contributed by atoms with Crippen LogP contribution < -0.4 is 10.1 Å². The first-order valence-corrected chi connectivity index (χ1v) is 6.13. The van der Waals surface area contributed by atoms with E-state index >= 15 is 0 Å². The number of ether oxygens (including phenoxy) is 1. The summed E-state index contributed by atoms with van der Waals surface area (Å²) in [6, 6.07) is 9.62. The fourth-order valence-corrected chi connectivity index (χ4v) is 2.02. The zero-order chi connectivity index (χ0) is 12.2. The molecule has 0 amide bonds. The summed E-state index contributed by atoms with van der Waals surface area (Å²) in [5, 5.41) is 7.22. The van der Waals surface area contributed by atoms with E-state index in [9.17, 15) is 0 Å². The summed E-state index contributed by atoms with van der Waals surface area (Å²) in [6.07, 6.45) is 1.06. The summed E-state index contributed by atoms with van der Waals surface area (Å²) in [7, 11) is 0. The molecular weight excluding hydrogens is 266 g/mol. The van der Waals surface area contributed by atoms with Crippen LogP contribution in [-0.2, 0) is 6.61 Å². The van der Waals surface area contributed by atoms with Crippen LogP contribution in [0.3, 0.4) is 0 Å². The molecule has 1 fully saturated rings. The highest BCUT2D eigenvalue weighted by Crippen LogP contribution is 2.20. The maximum atomic E-state index is 5.57. The zero-order valence-electron chi connectivity index (χ0n) is 10.4. The molecule has 1 aliphatic heterocycles. The second-order valence-corrected chi connectivity index (χ2v) is 4.34. The number of nitrogens with zero attached hydrogens (tertiary/aromatic N) is 2. The van der Waals surface area contributed by atoms with E-state index in [4.69, 9.17) is 9.26 Å². The molecule has 0 aliphatic carbocycles. The Hall–Kier alpha value is -1.59. The molecule has 1 saturated heterocycles. The number of rotatable bonds is 4. The summed E-state index contributed by atoms with van der Waals surface area (Å²) >= 11 is 0. The lowest BCUT2D eigenvalue weighted by Crippen LogP contribution is -2.08. The second-order valence-electron chi connectivity index (χ2n) is 4.34. The summed E-state index contributed by atoms with van der Waals surface area (Å²) in [5.74, 6) is 2.47. The van der Waals surface area contributed by atoms with Gasteiger partial charge in [-0.3, -0.25) is 0 Å². The van der Waals surface area contributed by atoms with E-state index in [2.05, 4.69) is 15.5 Å². The summed E-state index contributed by atoms with van der Waals surface area (Å²) in [6.45, 7) is 2.28. The third kappa shape index (κ3) is 3.45. The molecule has 2 aromatic rings. The average molecular weight is 282 g/mol. The van der Waals surface area contributed by atoms with Crippen LogP contribution in [0.5, 0.6) is 5.75 Å². The van der Waals surface area contributed by atoms with Gasteiger partial charge in [0.05, 0.1) is 5.92 Å². The molecule has 1 atom stereocenters. The molecule has 1 N–H and O–H groups in total. The summed E-state index contributed by atoms with van der Waals surface area (Å²) in [4.78, 5) is 4.36. The normalized spacial score (nSPS) is 18.0. The van der Waals surface area contributed by atoms with Gasteiger partial charge in [-0.25, -0.2) is 0 Å². The predicted molar refractivity (Wildman–Crippen MR) is 72.5 cm³/mol. The molecule has 0 spiro atoms. The van der Waals surface area contributed by atoms with Crippen molar-refractivity contribution >= 4 is 12.4 Å². The molecular formula is C13H16ClN3O2. The lowest BCUT2D eigenvalue weighted by molar-refractivity contribution is 0.284. The molecule has 1 aromatic heterocycles. The molecule has 0 saturated carbocycles. The van der Waals surface area contributed by atoms with E-state index in [0.29, 0.717) is 24.2 Å². The van der Waals surface area contributed by atoms with Gasteiger partial charge in [0, 0.05) is 6.54 Å². The highest BCUT2D eigenvalue weighted by Gasteiger charge is 2.22. The third-order valence-corrected chi connectivity index (χ3v) is 3.00. The van der Waals surface area contributed by atoms with Gasteiger partial charge >= 0.3 is 0 Å². The van der Waals surface area contributed by atoms with Gasteiger partial charge in [0.2, 0.25) is 11.7 Å².